The summed E-state index contributed by atoms with van der Waals surface area (Å²) in [6.45, 7) is 6.04. The summed E-state index contributed by atoms with van der Waals surface area (Å²) in [6, 6.07) is 0. The number of rotatable bonds is 3. The van der Waals surface area contributed by atoms with Crippen molar-refractivity contribution in [2.24, 2.45) is 0 Å². The van der Waals surface area contributed by atoms with Crippen molar-refractivity contribution in [1.82, 2.24) is 14.7 Å². The standard InChI is InChI=1S/C17H25N3O2/c1-2-9-20-15-8-7-13(21)12-14(15)16(18-20)17(22)19-10-5-3-4-6-11-19/h2,13,21H,1,3-12H2. The molecule has 0 aromatic carbocycles. The second-order valence-electron chi connectivity index (χ2n) is 6.35. The van der Waals surface area contributed by atoms with Gasteiger partial charge in [0.25, 0.3) is 5.91 Å². The summed E-state index contributed by atoms with van der Waals surface area (Å²) in [6.07, 6.45) is 8.06. The molecule has 1 aromatic heterocycles. The van der Waals surface area contributed by atoms with Gasteiger partial charge in [-0.3, -0.25) is 9.48 Å². The highest BCUT2D eigenvalue weighted by Crippen LogP contribution is 2.26. The third kappa shape index (κ3) is 2.95. The predicted octanol–water partition coefficient (Wildman–Crippen LogP) is 1.93. The number of aromatic nitrogens is 2. The molecule has 1 aromatic rings. The van der Waals surface area contributed by atoms with Crippen LogP contribution in [0.2, 0.25) is 0 Å². The molecule has 1 unspecified atom stereocenters. The van der Waals surface area contributed by atoms with Gasteiger partial charge in [-0.05, 0) is 25.7 Å². The van der Waals surface area contributed by atoms with Crippen molar-refractivity contribution in [3.8, 4) is 0 Å². The number of carbonyl (C=O) groups is 1. The number of aliphatic hydroxyl groups excluding tert-OH is 1. The second-order valence-corrected chi connectivity index (χ2v) is 6.35. The zero-order valence-corrected chi connectivity index (χ0v) is 13.1. The first-order valence-electron chi connectivity index (χ1n) is 8.37. The van der Waals surface area contributed by atoms with E-state index in [1.807, 2.05) is 9.58 Å². The van der Waals surface area contributed by atoms with Crippen molar-refractivity contribution >= 4 is 5.91 Å². The summed E-state index contributed by atoms with van der Waals surface area (Å²) in [5, 5.41) is 14.5. The van der Waals surface area contributed by atoms with Gasteiger partial charge in [0.2, 0.25) is 0 Å². The Labute approximate surface area is 131 Å². The molecule has 2 aliphatic rings. The minimum atomic E-state index is -0.357. The van der Waals surface area contributed by atoms with Crippen LogP contribution in [-0.2, 0) is 19.4 Å². The lowest BCUT2D eigenvalue weighted by atomic mass is 9.93. The van der Waals surface area contributed by atoms with Crippen molar-refractivity contribution in [2.45, 2.75) is 57.6 Å². The summed E-state index contributed by atoms with van der Waals surface area (Å²) in [5.41, 5.74) is 2.61. The van der Waals surface area contributed by atoms with Gasteiger partial charge in [-0.1, -0.05) is 18.9 Å². The topological polar surface area (TPSA) is 58.4 Å². The molecule has 1 N–H and O–H groups in total. The molecule has 1 atom stereocenters. The van der Waals surface area contributed by atoms with Crippen molar-refractivity contribution in [2.75, 3.05) is 13.1 Å². The molecule has 3 rings (SSSR count). The fraction of sp³-hybridized carbons (Fsp3) is 0.647. The van der Waals surface area contributed by atoms with Crippen LogP contribution in [0.25, 0.3) is 0 Å². The quantitative estimate of drug-likeness (QED) is 0.868. The van der Waals surface area contributed by atoms with E-state index in [1.165, 1.54) is 12.8 Å². The molecule has 1 aliphatic heterocycles. The summed E-state index contributed by atoms with van der Waals surface area (Å²) in [7, 11) is 0. The van der Waals surface area contributed by atoms with E-state index in [1.54, 1.807) is 6.08 Å². The Balaban J connectivity index is 1.91. The van der Waals surface area contributed by atoms with Gasteiger partial charge in [-0.25, -0.2) is 0 Å². The molecule has 22 heavy (non-hydrogen) atoms. The molecule has 0 radical (unpaired) electrons. The highest BCUT2D eigenvalue weighted by Gasteiger charge is 2.30. The Morgan fingerprint density at radius 2 is 2.05 bits per heavy atom. The third-order valence-corrected chi connectivity index (χ3v) is 4.72. The first-order valence-corrected chi connectivity index (χ1v) is 8.37. The number of aliphatic hydroxyl groups is 1. The molecule has 1 aliphatic carbocycles. The van der Waals surface area contributed by atoms with E-state index in [9.17, 15) is 9.90 Å². The van der Waals surface area contributed by atoms with Crippen LogP contribution in [0, 0.1) is 0 Å². The molecule has 0 spiro atoms. The van der Waals surface area contributed by atoms with E-state index in [0.717, 1.165) is 50.0 Å². The third-order valence-electron chi connectivity index (χ3n) is 4.72. The van der Waals surface area contributed by atoms with Crippen LogP contribution in [0.4, 0.5) is 0 Å². The first kappa shape index (κ1) is 15.3. The molecule has 1 saturated heterocycles. The van der Waals surface area contributed by atoms with Gasteiger partial charge in [-0.15, -0.1) is 6.58 Å². The Morgan fingerprint density at radius 1 is 1.32 bits per heavy atom. The number of likely N-dealkylation sites (tertiary alicyclic amines) is 1. The number of hydrogen-bond donors (Lipinski definition) is 1. The molecule has 120 valence electrons. The molecule has 2 heterocycles. The molecular weight excluding hydrogens is 278 g/mol. The van der Waals surface area contributed by atoms with E-state index in [0.29, 0.717) is 18.7 Å². The normalized spacial score (nSPS) is 22.0. The number of amides is 1. The van der Waals surface area contributed by atoms with Gasteiger partial charge < -0.3 is 10.0 Å². The van der Waals surface area contributed by atoms with Gasteiger partial charge >= 0.3 is 0 Å². The smallest absolute Gasteiger partial charge is 0.274 e. The fourth-order valence-corrected chi connectivity index (χ4v) is 3.54. The lowest BCUT2D eigenvalue weighted by Gasteiger charge is -2.22. The maximum atomic E-state index is 12.9. The van der Waals surface area contributed by atoms with Gasteiger partial charge in [0.05, 0.1) is 12.6 Å². The first-order chi connectivity index (χ1) is 10.7. The highest BCUT2D eigenvalue weighted by molar-refractivity contribution is 5.94. The Hall–Kier alpha value is -1.62. The largest absolute Gasteiger partial charge is 0.393 e. The Kier molecular flexibility index (Phi) is 4.62. The van der Waals surface area contributed by atoms with Gasteiger partial charge in [-0.2, -0.15) is 5.10 Å². The summed E-state index contributed by atoms with van der Waals surface area (Å²) in [5.74, 6) is 0.0371. The zero-order valence-electron chi connectivity index (χ0n) is 13.1. The molecule has 0 bridgehead atoms. The number of allylic oxidation sites excluding steroid dienone is 1. The Morgan fingerprint density at radius 3 is 2.73 bits per heavy atom. The Bertz CT molecular complexity index is 556. The number of carbonyl (C=O) groups excluding carboxylic acids is 1. The van der Waals surface area contributed by atoms with Crippen LogP contribution in [0.1, 0.15) is 53.8 Å². The minimum absolute atomic E-state index is 0.0371. The number of nitrogens with zero attached hydrogens (tertiary/aromatic N) is 3. The molecule has 0 saturated carbocycles. The maximum absolute atomic E-state index is 12.9. The summed E-state index contributed by atoms with van der Waals surface area (Å²) < 4.78 is 1.89. The van der Waals surface area contributed by atoms with Crippen LogP contribution in [0.3, 0.4) is 0 Å². The second kappa shape index (κ2) is 6.65. The maximum Gasteiger partial charge on any atom is 0.274 e. The van der Waals surface area contributed by atoms with Crippen LogP contribution in [0.5, 0.6) is 0 Å². The summed E-state index contributed by atoms with van der Waals surface area (Å²) >= 11 is 0. The average Bonchev–Trinajstić information content (AvgIpc) is 2.70. The van der Waals surface area contributed by atoms with Crippen molar-refractivity contribution in [1.29, 1.82) is 0 Å². The molecule has 1 fully saturated rings. The van der Waals surface area contributed by atoms with Gasteiger partial charge in [0, 0.05) is 30.8 Å². The van der Waals surface area contributed by atoms with Gasteiger partial charge in [0.1, 0.15) is 0 Å². The van der Waals surface area contributed by atoms with E-state index >= 15 is 0 Å². The van der Waals surface area contributed by atoms with E-state index in [2.05, 4.69) is 11.7 Å². The zero-order chi connectivity index (χ0) is 15.5. The van der Waals surface area contributed by atoms with E-state index in [-0.39, 0.29) is 12.0 Å². The monoisotopic (exact) mass is 303 g/mol. The highest BCUT2D eigenvalue weighted by atomic mass is 16.3. The van der Waals surface area contributed by atoms with Crippen LogP contribution < -0.4 is 0 Å². The van der Waals surface area contributed by atoms with Crippen LogP contribution in [0.15, 0.2) is 12.7 Å². The molecule has 5 heteroatoms. The lowest BCUT2D eigenvalue weighted by molar-refractivity contribution is 0.0752. The van der Waals surface area contributed by atoms with Crippen molar-refractivity contribution in [3.05, 3.63) is 29.6 Å². The number of hydrogen-bond acceptors (Lipinski definition) is 3. The summed E-state index contributed by atoms with van der Waals surface area (Å²) in [4.78, 5) is 14.8. The fourth-order valence-electron chi connectivity index (χ4n) is 3.54. The van der Waals surface area contributed by atoms with Crippen LogP contribution in [-0.4, -0.2) is 44.9 Å². The molecule has 1 amide bonds. The van der Waals surface area contributed by atoms with E-state index < -0.39 is 0 Å². The average molecular weight is 303 g/mol. The number of fused-ring (bicyclic) bond motifs is 1. The SMILES string of the molecule is C=CCn1nc(C(=O)N2CCCCCC2)c2c1CCC(O)C2. The van der Waals surface area contributed by atoms with Gasteiger partial charge in [0.15, 0.2) is 5.69 Å². The minimum Gasteiger partial charge on any atom is -0.393 e. The van der Waals surface area contributed by atoms with Crippen LogP contribution >= 0.6 is 0 Å². The van der Waals surface area contributed by atoms with Crippen molar-refractivity contribution < 1.29 is 9.90 Å². The lowest BCUT2D eigenvalue weighted by Crippen LogP contribution is -2.33. The van der Waals surface area contributed by atoms with Crippen molar-refractivity contribution in [3.63, 3.8) is 0 Å². The predicted molar refractivity (Wildman–Crippen MR) is 84.8 cm³/mol. The van der Waals surface area contributed by atoms with E-state index in [4.69, 9.17) is 0 Å². The molecular formula is C17H25N3O2. The molecule has 5 nitrogen and oxygen atoms in total.